The molecule has 174 valence electrons. The zero-order chi connectivity index (χ0) is 23.8. The molecule has 1 saturated carbocycles. The third-order valence-corrected chi connectivity index (χ3v) is 7.37. The summed E-state index contributed by atoms with van der Waals surface area (Å²) in [5.41, 5.74) is 3.00. The van der Waals surface area contributed by atoms with Crippen LogP contribution in [0.1, 0.15) is 30.9 Å². The summed E-state index contributed by atoms with van der Waals surface area (Å²) >= 11 is 1.24. The number of rotatable bonds is 6. The van der Waals surface area contributed by atoms with Gasteiger partial charge < -0.3 is 15.5 Å². The van der Waals surface area contributed by atoms with Crippen LogP contribution in [0.25, 0.3) is 21.3 Å². The van der Waals surface area contributed by atoms with Crippen molar-refractivity contribution in [2.24, 2.45) is 11.8 Å². The Morgan fingerprint density at radius 3 is 2.53 bits per heavy atom. The maximum absolute atomic E-state index is 14.8. The van der Waals surface area contributed by atoms with E-state index in [4.69, 9.17) is 0 Å². The van der Waals surface area contributed by atoms with Crippen molar-refractivity contribution in [1.82, 2.24) is 4.98 Å². The predicted molar refractivity (Wildman–Crippen MR) is 128 cm³/mol. The van der Waals surface area contributed by atoms with E-state index in [1.807, 2.05) is 0 Å². The molecule has 1 aliphatic rings. The Morgan fingerprint density at radius 1 is 1.03 bits per heavy atom. The smallest absolute Gasteiger partial charge is 0.306 e. The SMILES string of the molecule is O=C(O)[C@@H]1CCC[C@H]1C(O)c1ccc(-c2ccc(Nc3nc4ccc(F)cc4s3)c(F)c2)cc1. The Labute approximate surface area is 198 Å². The van der Waals surface area contributed by atoms with Crippen molar-refractivity contribution < 1.29 is 23.8 Å². The summed E-state index contributed by atoms with van der Waals surface area (Å²) in [4.78, 5) is 15.8. The van der Waals surface area contributed by atoms with Crippen molar-refractivity contribution in [3.05, 3.63) is 77.9 Å². The fraction of sp³-hybridized carbons (Fsp3) is 0.231. The van der Waals surface area contributed by atoms with E-state index in [2.05, 4.69) is 10.3 Å². The summed E-state index contributed by atoms with van der Waals surface area (Å²) < 4.78 is 28.9. The number of halogens is 2. The van der Waals surface area contributed by atoms with Gasteiger partial charge in [-0.25, -0.2) is 13.8 Å². The fourth-order valence-corrected chi connectivity index (χ4v) is 5.56. The largest absolute Gasteiger partial charge is 0.481 e. The molecule has 0 radical (unpaired) electrons. The van der Waals surface area contributed by atoms with Gasteiger partial charge in [0, 0.05) is 5.92 Å². The van der Waals surface area contributed by atoms with Crippen LogP contribution in [0.2, 0.25) is 0 Å². The number of hydrogen-bond donors (Lipinski definition) is 3. The Hall–Kier alpha value is -3.36. The zero-order valence-electron chi connectivity index (χ0n) is 18.0. The van der Waals surface area contributed by atoms with E-state index < -0.39 is 23.8 Å². The molecule has 3 N–H and O–H groups in total. The van der Waals surface area contributed by atoms with E-state index in [1.165, 1.54) is 29.5 Å². The molecule has 1 unspecified atom stereocenters. The second-order valence-electron chi connectivity index (χ2n) is 8.56. The molecule has 4 aromatic rings. The maximum atomic E-state index is 14.8. The monoisotopic (exact) mass is 480 g/mol. The zero-order valence-corrected chi connectivity index (χ0v) is 18.9. The van der Waals surface area contributed by atoms with Crippen LogP contribution in [0, 0.1) is 23.5 Å². The molecule has 0 amide bonds. The molecule has 5 nitrogen and oxygen atoms in total. The Kier molecular flexibility index (Phi) is 6.02. The molecule has 0 bridgehead atoms. The second kappa shape index (κ2) is 9.12. The number of carboxylic acids is 1. The van der Waals surface area contributed by atoms with Crippen molar-refractivity contribution in [3.8, 4) is 11.1 Å². The molecule has 1 fully saturated rings. The van der Waals surface area contributed by atoms with Crippen molar-refractivity contribution in [2.75, 3.05) is 5.32 Å². The third-order valence-electron chi connectivity index (χ3n) is 6.44. The number of carboxylic acid groups (broad SMARTS) is 1. The summed E-state index contributed by atoms with van der Waals surface area (Å²) in [6, 6.07) is 16.3. The molecular weight excluding hydrogens is 458 g/mol. The van der Waals surface area contributed by atoms with Crippen LogP contribution in [0.15, 0.2) is 60.7 Å². The van der Waals surface area contributed by atoms with Gasteiger partial charge in [0.1, 0.15) is 11.6 Å². The molecular formula is C26H22F2N2O3S. The molecule has 0 aliphatic heterocycles. The average Bonchev–Trinajstić information content (AvgIpc) is 3.47. The number of benzene rings is 3. The molecule has 8 heteroatoms. The minimum absolute atomic E-state index is 0.260. The minimum atomic E-state index is -0.861. The molecule has 3 aromatic carbocycles. The normalized spacial score (nSPS) is 18.8. The number of aliphatic hydroxyl groups excluding tert-OH is 1. The molecule has 1 aromatic heterocycles. The van der Waals surface area contributed by atoms with Gasteiger partial charge in [0.15, 0.2) is 5.13 Å². The number of aliphatic carboxylic acids is 1. The number of hydrogen-bond acceptors (Lipinski definition) is 5. The Morgan fingerprint density at radius 2 is 1.79 bits per heavy atom. The first-order valence-corrected chi connectivity index (χ1v) is 11.8. The van der Waals surface area contributed by atoms with Crippen molar-refractivity contribution in [3.63, 3.8) is 0 Å². The number of aliphatic hydroxyl groups is 1. The van der Waals surface area contributed by atoms with Gasteiger partial charge in [0.05, 0.1) is 27.9 Å². The van der Waals surface area contributed by atoms with Gasteiger partial charge in [-0.2, -0.15) is 0 Å². The molecule has 34 heavy (non-hydrogen) atoms. The summed E-state index contributed by atoms with van der Waals surface area (Å²) in [6.45, 7) is 0. The van der Waals surface area contributed by atoms with Crippen molar-refractivity contribution in [2.45, 2.75) is 25.4 Å². The van der Waals surface area contributed by atoms with Gasteiger partial charge in [-0.1, -0.05) is 48.1 Å². The molecule has 0 spiro atoms. The number of thiazole rings is 1. The van der Waals surface area contributed by atoms with Crippen molar-refractivity contribution in [1.29, 1.82) is 0 Å². The highest BCUT2D eigenvalue weighted by Crippen LogP contribution is 2.41. The van der Waals surface area contributed by atoms with E-state index in [-0.39, 0.29) is 17.4 Å². The van der Waals surface area contributed by atoms with Gasteiger partial charge in [-0.15, -0.1) is 0 Å². The number of nitrogens with one attached hydrogen (secondary N) is 1. The Bertz CT molecular complexity index is 1360. The minimum Gasteiger partial charge on any atom is -0.481 e. The highest BCUT2D eigenvalue weighted by molar-refractivity contribution is 7.22. The van der Waals surface area contributed by atoms with Gasteiger partial charge in [-0.05, 0) is 59.9 Å². The standard InChI is InChI=1S/C26H22F2N2O3S/c27-17-9-11-22-23(13-17)34-26(30-22)29-21-10-8-16(12-20(21)28)14-4-6-15(7-5-14)24(31)18-2-1-3-19(18)25(32)33/h4-13,18-19,24,31H,1-3H2,(H,29,30)(H,32,33)/t18-,19-,24?/m1/s1. The summed E-state index contributed by atoms with van der Waals surface area (Å²) in [5, 5.41) is 23.6. The van der Waals surface area contributed by atoms with Crippen LogP contribution in [-0.4, -0.2) is 21.2 Å². The van der Waals surface area contributed by atoms with E-state index in [9.17, 15) is 23.8 Å². The highest BCUT2D eigenvalue weighted by atomic mass is 32.1. The lowest BCUT2D eigenvalue weighted by Gasteiger charge is -2.22. The van der Waals surface area contributed by atoms with Crippen molar-refractivity contribution >= 4 is 38.3 Å². The molecule has 1 aliphatic carbocycles. The molecule has 5 rings (SSSR count). The number of anilines is 2. The maximum Gasteiger partial charge on any atom is 0.306 e. The summed E-state index contributed by atoms with van der Waals surface area (Å²) in [7, 11) is 0. The van der Waals surface area contributed by atoms with Crippen LogP contribution in [0.4, 0.5) is 19.6 Å². The van der Waals surface area contributed by atoms with Crippen LogP contribution in [0.3, 0.4) is 0 Å². The molecule has 0 saturated heterocycles. The van der Waals surface area contributed by atoms with Gasteiger partial charge in [0.25, 0.3) is 0 Å². The van der Waals surface area contributed by atoms with E-state index in [0.717, 1.165) is 12.0 Å². The van der Waals surface area contributed by atoms with E-state index in [1.54, 1.807) is 42.5 Å². The first kappa shape index (κ1) is 22.4. The molecule has 1 heterocycles. The fourth-order valence-electron chi connectivity index (χ4n) is 4.66. The topological polar surface area (TPSA) is 82.5 Å². The van der Waals surface area contributed by atoms with Crippen LogP contribution < -0.4 is 5.32 Å². The van der Waals surface area contributed by atoms with E-state index in [0.29, 0.717) is 39.3 Å². The lowest BCUT2D eigenvalue weighted by atomic mass is 9.86. The van der Waals surface area contributed by atoms with Crippen LogP contribution in [-0.2, 0) is 4.79 Å². The number of nitrogens with zero attached hydrogens (tertiary/aromatic N) is 1. The number of aromatic nitrogens is 1. The number of fused-ring (bicyclic) bond motifs is 1. The average molecular weight is 481 g/mol. The Balaban J connectivity index is 1.32. The first-order valence-electron chi connectivity index (χ1n) is 11.0. The predicted octanol–water partition coefficient (Wildman–Crippen LogP) is 6.52. The van der Waals surface area contributed by atoms with Crippen LogP contribution >= 0.6 is 11.3 Å². The van der Waals surface area contributed by atoms with Gasteiger partial charge >= 0.3 is 5.97 Å². The second-order valence-corrected chi connectivity index (χ2v) is 9.59. The summed E-state index contributed by atoms with van der Waals surface area (Å²) in [5.74, 6) is -2.49. The van der Waals surface area contributed by atoms with Crippen LogP contribution in [0.5, 0.6) is 0 Å². The first-order chi connectivity index (χ1) is 16.4. The quantitative estimate of drug-likeness (QED) is 0.293. The molecule has 3 atom stereocenters. The highest BCUT2D eigenvalue weighted by Gasteiger charge is 2.37. The van der Waals surface area contributed by atoms with Gasteiger partial charge in [0.2, 0.25) is 0 Å². The third kappa shape index (κ3) is 4.38. The lowest BCUT2D eigenvalue weighted by molar-refractivity contribution is -0.144. The van der Waals surface area contributed by atoms with E-state index >= 15 is 0 Å². The van der Waals surface area contributed by atoms with Gasteiger partial charge in [-0.3, -0.25) is 4.79 Å². The lowest BCUT2D eigenvalue weighted by Crippen LogP contribution is -2.23. The number of carbonyl (C=O) groups is 1. The summed E-state index contributed by atoms with van der Waals surface area (Å²) in [6.07, 6.45) is 1.22.